The minimum absolute atomic E-state index is 0.0802. The lowest BCUT2D eigenvalue weighted by atomic mass is 10.00. The van der Waals surface area contributed by atoms with E-state index in [4.69, 9.17) is 5.11 Å². The highest BCUT2D eigenvalue weighted by atomic mass is 16.4. The molecule has 4 nitrogen and oxygen atoms in total. The molecule has 1 aromatic rings. The molecule has 0 saturated heterocycles. The molecule has 0 aliphatic heterocycles. The van der Waals surface area contributed by atoms with Crippen molar-refractivity contribution in [1.29, 1.82) is 0 Å². The molecule has 1 rings (SSSR count). The number of benzene rings is 1. The fraction of sp³-hybridized carbons (Fsp3) is 0.467. The summed E-state index contributed by atoms with van der Waals surface area (Å²) >= 11 is 0. The summed E-state index contributed by atoms with van der Waals surface area (Å²) in [7, 11) is 0. The van der Waals surface area contributed by atoms with Gasteiger partial charge in [0.05, 0.1) is 6.42 Å². The molecule has 0 bridgehead atoms. The molecular weight excluding hydrogens is 242 g/mol. The van der Waals surface area contributed by atoms with Crippen LogP contribution >= 0.6 is 0 Å². The number of hydrogen-bond acceptors (Lipinski definition) is 2. The van der Waals surface area contributed by atoms with E-state index < -0.39 is 11.5 Å². The Morgan fingerprint density at radius 1 is 1.32 bits per heavy atom. The van der Waals surface area contributed by atoms with Crippen molar-refractivity contribution in [3.63, 3.8) is 0 Å². The van der Waals surface area contributed by atoms with Crippen molar-refractivity contribution in [2.45, 2.75) is 45.6 Å². The average Bonchev–Trinajstić information content (AvgIpc) is 2.24. The molecule has 2 N–H and O–H groups in total. The van der Waals surface area contributed by atoms with Gasteiger partial charge in [-0.15, -0.1) is 0 Å². The van der Waals surface area contributed by atoms with Crippen molar-refractivity contribution < 1.29 is 14.7 Å². The van der Waals surface area contributed by atoms with E-state index >= 15 is 0 Å². The number of carboxylic acids is 1. The largest absolute Gasteiger partial charge is 0.481 e. The number of carbonyl (C=O) groups is 2. The number of amides is 1. The maximum atomic E-state index is 11.8. The van der Waals surface area contributed by atoms with Crippen molar-refractivity contribution in [2.75, 3.05) is 0 Å². The Hall–Kier alpha value is -1.84. The molecule has 0 aliphatic rings. The van der Waals surface area contributed by atoms with Crippen molar-refractivity contribution >= 4 is 11.9 Å². The molecule has 1 aromatic carbocycles. The monoisotopic (exact) mass is 263 g/mol. The summed E-state index contributed by atoms with van der Waals surface area (Å²) in [5, 5.41) is 11.5. The van der Waals surface area contributed by atoms with Crippen molar-refractivity contribution in [3.8, 4) is 0 Å². The zero-order valence-corrected chi connectivity index (χ0v) is 11.7. The lowest BCUT2D eigenvalue weighted by Crippen LogP contribution is -2.45. The quantitative estimate of drug-likeness (QED) is 0.827. The highest BCUT2D eigenvalue weighted by Crippen LogP contribution is 2.10. The summed E-state index contributed by atoms with van der Waals surface area (Å²) in [5.74, 6) is -1.03. The van der Waals surface area contributed by atoms with Gasteiger partial charge < -0.3 is 10.4 Å². The predicted molar refractivity (Wildman–Crippen MR) is 74.0 cm³/mol. The molecule has 0 aliphatic carbocycles. The first-order chi connectivity index (χ1) is 8.78. The number of rotatable bonds is 6. The molecule has 0 aromatic heterocycles. The van der Waals surface area contributed by atoms with Crippen LogP contribution in [0.25, 0.3) is 0 Å². The van der Waals surface area contributed by atoms with E-state index in [0.29, 0.717) is 12.8 Å². The summed E-state index contributed by atoms with van der Waals surface area (Å²) in [5.41, 5.74) is 1.57. The van der Waals surface area contributed by atoms with Gasteiger partial charge >= 0.3 is 5.97 Å². The highest BCUT2D eigenvalue weighted by Gasteiger charge is 2.23. The topological polar surface area (TPSA) is 66.4 Å². The van der Waals surface area contributed by atoms with Crippen LogP contribution in [0.2, 0.25) is 0 Å². The third-order valence-electron chi connectivity index (χ3n) is 2.79. The minimum Gasteiger partial charge on any atom is -0.481 e. The van der Waals surface area contributed by atoms with Crippen LogP contribution < -0.4 is 5.32 Å². The van der Waals surface area contributed by atoms with Gasteiger partial charge in [-0.2, -0.15) is 0 Å². The smallest absolute Gasteiger partial charge is 0.305 e. The van der Waals surface area contributed by atoms with E-state index in [1.54, 1.807) is 13.8 Å². The van der Waals surface area contributed by atoms with Crippen LogP contribution in [0, 0.1) is 6.92 Å². The molecule has 1 amide bonds. The van der Waals surface area contributed by atoms with Crippen LogP contribution in [0.1, 0.15) is 37.8 Å². The number of aryl methyl sites for hydroxylation is 2. The third-order valence-corrected chi connectivity index (χ3v) is 2.79. The van der Waals surface area contributed by atoms with Crippen molar-refractivity contribution in [2.24, 2.45) is 0 Å². The summed E-state index contributed by atoms with van der Waals surface area (Å²) in [6.45, 7) is 5.44. The van der Waals surface area contributed by atoms with Gasteiger partial charge in [0.2, 0.25) is 5.91 Å². The normalized spacial score (nSPS) is 11.1. The van der Waals surface area contributed by atoms with Crippen LogP contribution in [0.3, 0.4) is 0 Å². The summed E-state index contributed by atoms with van der Waals surface area (Å²) < 4.78 is 0. The Kier molecular flexibility index (Phi) is 5.10. The number of aliphatic carboxylic acids is 1. The Morgan fingerprint density at radius 3 is 2.58 bits per heavy atom. The van der Waals surface area contributed by atoms with E-state index in [1.165, 1.54) is 5.56 Å². The second-order valence-electron chi connectivity index (χ2n) is 5.49. The van der Waals surface area contributed by atoms with Gasteiger partial charge in [-0.1, -0.05) is 29.8 Å². The predicted octanol–water partition coefficient (Wildman–Crippen LogP) is 2.30. The molecule has 0 saturated carbocycles. The van der Waals surface area contributed by atoms with E-state index in [1.807, 2.05) is 25.1 Å². The van der Waals surface area contributed by atoms with Gasteiger partial charge in [0.15, 0.2) is 0 Å². The van der Waals surface area contributed by atoms with Crippen LogP contribution in [-0.2, 0) is 16.0 Å². The summed E-state index contributed by atoms with van der Waals surface area (Å²) in [4.78, 5) is 22.5. The third kappa shape index (κ3) is 6.04. The molecule has 104 valence electrons. The Morgan fingerprint density at radius 2 is 2.00 bits per heavy atom. The van der Waals surface area contributed by atoms with E-state index in [2.05, 4.69) is 11.4 Å². The highest BCUT2D eigenvalue weighted by molar-refractivity contribution is 5.78. The average molecular weight is 263 g/mol. The Bertz CT molecular complexity index is 466. The van der Waals surface area contributed by atoms with E-state index in [0.717, 1.165) is 5.56 Å². The maximum Gasteiger partial charge on any atom is 0.305 e. The molecular formula is C15H21NO3. The molecule has 19 heavy (non-hydrogen) atoms. The van der Waals surface area contributed by atoms with Gasteiger partial charge in [0.25, 0.3) is 0 Å². The van der Waals surface area contributed by atoms with Crippen molar-refractivity contribution in [1.82, 2.24) is 5.32 Å². The second kappa shape index (κ2) is 6.36. The van der Waals surface area contributed by atoms with Gasteiger partial charge in [0, 0.05) is 12.0 Å². The van der Waals surface area contributed by atoms with Gasteiger partial charge in [-0.05, 0) is 32.8 Å². The first kappa shape index (κ1) is 15.2. The molecule has 0 radical (unpaired) electrons. The zero-order valence-electron chi connectivity index (χ0n) is 11.7. The van der Waals surface area contributed by atoms with E-state index in [-0.39, 0.29) is 12.3 Å². The van der Waals surface area contributed by atoms with Crippen LogP contribution in [0.15, 0.2) is 24.3 Å². The molecule has 0 unspecified atom stereocenters. The maximum absolute atomic E-state index is 11.8. The number of carboxylic acid groups (broad SMARTS) is 1. The van der Waals surface area contributed by atoms with Crippen LogP contribution in [0.4, 0.5) is 0 Å². The van der Waals surface area contributed by atoms with Crippen LogP contribution in [-0.4, -0.2) is 22.5 Å². The first-order valence-electron chi connectivity index (χ1n) is 6.37. The number of carbonyl (C=O) groups excluding carboxylic acids is 1. The minimum atomic E-state index is -0.913. The van der Waals surface area contributed by atoms with Gasteiger partial charge in [0.1, 0.15) is 0 Å². The Balaban J connectivity index is 2.46. The zero-order chi connectivity index (χ0) is 14.5. The summed E-state index contributed by atoms with van der Waals surface area (Å²) in [6.07, 6.45) is 0.951. The van der Waals surface area contributed by atoms with Gasteiger partial charge in [-0.3, -0.25) is 9.59 Å². The first-order valence-corrected chi connectivity index (χ1v) is 6.37. The number of hydrogen-bond donors (Lipinski definition) is 2. The van der Waals surface area contributed by atoms with Crippen molar-refractivity contribution in [3.05, 3.63) is 35.4 Å². The summed E-state index contributed by atoms with van der Waals surface area (Å²) in [6, 6.07) is 8.02. The van der Waals surface area contributed by atoms with Crippen LogP contribution in [0.5, 0.6) is 0 Å². The lowest BCUT2D eigenvalue weighted by molar-refractivity contribution is -0.138. The molecule has 0 heterocycles. The molecule has 0 fully saturated rings. The Labute approximate surface area is 113 Å². The SMILES string of the molecule is Cc1cccc(CCC(=O)NC(C)(C)CC(=O)O)c1. The molecule has 0 atom stereocenters. The fourth-order valence-corrected chi connectivity index (χ4v) is 1.99. The standard InChI is InChI=1S/C15H21NO3/c1-11-5-4-6-12(9-11)7-8-13(17)16-15(2,3)10-14(18)19/h4-6,9H,7-8,10H2,1-3H3,(H,16,17)(H,18,19). The second-order valence-corrected chi connectivity index (χ2v) is 5.49. The van der Waals surface area contributed by atoms with E-state index in [9.17, 15) is 9.59 Å². The molecule has 0 spiro atoms. The molecule has 4 heteroatoms. The van der Waals surface area contributed by atoms with Gasteiger partial charge in [-0.25, -0.2) is 0 Å². The number of nitrogens with one attached hydrogen (secondary N) is 1. The fourth-order valence-electron chi connectivity index (χ4n) is 1.99. The lowest BCUT2D eigenvalue weighted by Gasteiger charge is -2.24.